The Hall–Kier alpha value is -2.34. The number of aromatic nitrogens is 2. The van der Waals surface area contributed by atoms with E-state index in [1.807, 2.05) is 0 Å². The Bertz CT molecular complexity index is 753. The lowest BCUT2D eigenvalue weighted by atomic mass is 9.92. The van der Waals surface area contributed by atoms with Crippen LogP contribution in [0.3, 0.4) is 0 Å². The number of rotatable bonds is 6. The molecule has 3 rings (SSSR count). The SMILES string of the molecule is COc1nccnc1CN1CCCC(CC(=O)c2ccccc2F)CC1. The lowest BCUT2D eigenvalue weighted by Crippen LogP contribution is -2.25. The first-order valence-electron chi connectivity index (χ1n) is 9.01. The molecule has 1 saturated heterocycles. The van der Waals surface area contributed by atoms with Gasteiger partial charge in [-0.25, -0.2) is 9.37 Å². The van der Waals surface area contributed by atoms with Crippen LogP contribution < -0.4 is 4.74 Å². The zero-order valence-corrected chi connectivity index (χ0v) is 15.0. The van der Waals surface area contributed by atoms with Gasteiger partial charge in [-0.2, -0.15) is 0 Å². The number of Topliss-reactive ketones (excluding diaryl/α,β-unsaturated/α-hetero) is 1. The normalized spacial score (nSPS) is 18.3. The molecule has 0 radical (unpaired) electrons. The number of ketones is 1. The Kier molecular flexibility index (Phi) is 6.28. The zero-order valence-electron chi connectivity index (χ0n) is 15.0. The summed E-state index contributed by atoms with van der Waals surface area (Å²) in [4.78, 5) is 23.3. The van der Waals surface area contributed by atoms with Gasteiger partial charge in [0.05, 0.1) is 12.7 Å². The fraction of sp³-hybridized carbons (Fsp3) is 0.450. The van der Waals surface area contributed by atoms with Crippen molar-refractivity contribution in [3.05, 3.63) is 53.7 Å². The lowest BCUT2D eigenvalue weighted by molar-refractivity contribution is 0.0953. The van der Waals surface area contributed by atoms with E-state index < -0.39 is 5.82 Å². The lowest BCUT2D eigenvalue weighted by Gasteiger charge is -2.20. The van der Waals surface area contributed by atoms with Crippen LogP contribution in [0.2, 0.25) is 0 Å². The summed E-state index contributed by atoms with van der Waals surface area (Å²) in [5.74, 6) is 0.318. The second-order valence-corrected chi connectivity index (χ2v) is 6.69. The van der Waals surface area contributed by atoms with E-state index in [2.05, 4.69) is 14.9 Å². The van der Waals surface area contributed by atoms with Gasteiger partial charge in [-0.1, -0.05) is 12.1 Å². The van der Waals surface area contributed by atoms with E-state index in [0.29, 0.717) is 18.8 Å². The molecule has 0 amide bonds. The van der Waals surface area contributed by atoms with E-state index in [1.165, 1.54) is 6.07 Å². The van der Waals surface area contributed by atoms with E-state index in [0.717, 1.165) is 38.0 Å². The van der Waals surface area contributed by atoms with Crippen molar-refractivity contribution in [2.24, 2.45) is 5.92 Å². The molecule has 2 aromatic rings. The van der Waals surface area contributed by atoms with Gasteiger partial charge >= 0.3 is 0 Å². The van der Waals surface area contributed by atoms with Crippen molar-refractivity contribution in [1.82, 2.24) is 14.9 Å². The van der Waals surface area contributed by atoms with Crippen LogP contribution in [0, 0.1) is 11.7 Å². The van der Waals surface area contributed by atoms with Crippen LogP contribution in [0.15, 0.2) is 36.7 Å². The summed E-state index contributed by atoms with van der Waals surface area (Å²) in [6.07, 6.45) is 6.61. The third-order valence-electron chi connectivity index (χ3n) is 4.89. The molecular formula is C20H24FN3O2. The predicted molar refractivity (Wildman–Crippen MR) is 96.5 cm³/mol. The standard InChI is InChI=1S/C20H24FN3O2/c1-26-20-18(22-9-10-23-20)14-24-11-4-5-15(8-12-24)13-19(25)16-6-2-3-7-17(16)21/h2-3,6-7,9-10,15H,4-5,8,11-14H2,1H3. The Morgan fingerprint density at radius 2 is 2.04 bits per heavy atom. The summed E-state index contributed by atoms with van der Waals surface area (Å²) in [5.41, 5.74) is 1.04. The fourth-order valence-corrected chi connectivity index (χ4v) is 3.49. The maximum Gasteiger partial charge on any atom is 0.236 e. The third kappa shape index (κ3) is 4.64. The number of benzene rings is 1. The van der Waals surface area contributed by atoms with Crippen LogP contribution in [0.25, 0.3) is 0 Å². The molecule has 1 aliphatic heterocycles. The van der Waals surface area contributed by atoms with Gasteiger partial charge in [-0.15, -0.1) is 0 Å². The number of nitrogens with zero attached hydrogens (tertiary/aromatic N) is 3. The van der Waals surface area contributed by atoms with E-state index >= 15 is 0 Å². The van der Waals surface area contributed by atoms with E-state index in [-0.39, 0.29) is 17.3 Å². The summed E-state index contributed by atoms with van der Waals surface area (Å²) in [6, 6.07) is 6.23. The minimum Gasteiger partial charge on any atom is -0.480 e. The molecule has 0 bridgehead atoms. The average molecular weight is 357 g/mol. The van der Waals surface area contributed by atoms with Gasteiger partial charge in [0.25, 0.3) is 0 Å². The molecular weight excluding hydrogens is 333 g/mol. The molecule has 26 heavy (non-hydrogen) atoms. The van der Waals surface area contributed by atoms with Crippen LogP contribution in [-0.4, -0.2) is 40.9 Å². The number of ether oxygens (including phenoxy) is 1. The molecule has 138 valence electrons. The monoisotopic (exact) mass is 357 g/mol. The Morgan fingerprint density at radius 1 is 1.23 bits per heavy atom. The summed E-state index contributed by atoms with van der Waals surface area (Å²) in [6.45, 7) is 2.52. The van der Waals surface area contributed by atoms with Gasteiger partial charge in [0.15, 0.2) is 5.78 Å². The van der Waals surface area contributed by atoms with Gasteiger partial charge < -0.3 is 4.74 Å². The maximum absolute atomic E-state index is 13.8. The summed E-state index contributed by atoms with van der Waals surface area (Å²) in [7, 11) is 1.60. The molecule has 0 aliphatic carbocycles. The van der Waals surface area contributed by atoms with Gasteiger partial charge in [0.2, 0.25) is 5.88 Å². The topological polar surface area (TPSA) is 55.3 Å². The average Bonchev–Trinajstić information content (AvgIpc) is 2.87. The summed E-state index contributed by atoms with van der Waals surface area (Å²) >= 11 is 0. The van der Waals surface area contributed by atoms with Gasteiger partial charge in [0, 0.05) is 25.4 Å². The highest BCUT2D eigenvalue weighted by atomic mass is 19.1. The van der Waals surface area contributed by atoms with Crippen molar-refractivity contribution in [2.45, 2.75) is 32.2 Å². The Labute approximate surface area is 153 Å². The molecule has 1 aromatic heterocycles. The first-order valence-corrected chi connectivity index (χ1v) is 9.01. The summed E-state index contributed by atoms with van der Waals surface area (Å²) < 4.78 is 19.1. The van der Waals surface area contributed by atoms with Crippen LogP contribution >= 0.6 is 0 Å². The van der Waals surface area contributed by atoms with Crippen molar-refractivity contribution in [1.29, 1.82) is 0 Å². The number of halogens is 1. The number of hydrogen-bond acceptors (Lipinski definition) is 5. The molecule has 1 aliphatic rings. The van der Waals surface area contributed by atoms with E-state index in [4.69, 9.17) is 4.74 Å². The number of hydrogen-bond donors (Lipinski definition) is 0. The molecule has 2 heterocycles. The predicted octanol–water partition coefficient (Wildman–Crippen LogP) is 3.50. The minimum absolute atomic E-state index is 0.0999. The molecule has 0 spiro atoms. The smallest absolute Gasteiger partial charge is 0.236 e. The van der Waals surface area contributed by atoms with Gasteiger partial charge in [-0.05, 0) is 50.4 Å². The minimum atomic E-state index is -0.428. The van der Waals surface area contributed by atoms with Gasteiger partial charge in [0.1, 0.15) is 11.5 Å². The van der Waals surface area contributed by atoms with E-state index in [1.54, 1.807) is 37.7 Å². The van der Waals surface area contributed by atoms with Crippen molar-refractivity contribution in [3.63, 3.8) is 0 Å². The largest absolute Gasteiger partial charge is 0.480 e. The molecule has 1 fully saturated rings. The zero-order chi connectivity index (χ0) is 18.4. The van der Waals surface area contributed by atoms with Crippen LogP contribution in [0.1, 0.15) is 41.7 Å². The quantitative estimate of drug-likeness (QED) is 0.741. The highest BCUT2D eigenvalue weighted by Gasteiger charge is 2.22. The number of carbonyl (C=O) groups excluding carboxylic acids is 1. The molecule has 0 N–H and O–H groups in total. The molecule has 0 saturated carbocycles. The van der Waals surface area contributed by atoms with Crippen LogP contribution in [0.5, 0.6) is 5.88 Å². The second kappa shape index (κ2) is 8.85. The molecule has 5 nitrogen and oxygen atoms in total. The number of likely N-dealkylation sites (tertiary alicyclic amines) is 1. The Morgan fingerprint density at radius 3 is 2.85 bits per heavy atom. The van der Waals surface area contributed by atoms with Crippen LogP contribution in [0.4, 0.5) is 4.39 Å². The molecule has 1 atom stereocenters. The Balaban J connectivity index is 1.56. The highest BCUT2D eigenvalue weighted by Crippen LogP contribution is 2.25. The van der Waals surface area contributed by atoms with Crippen molar-refractivity contribution < 1.29 is 13.9 Å². The highest BCUT2D eigenvalue weighted by molar-refractivity contribution is 5.96. The van der Waals surface area contributed by atoms with Crippen molar-refractivity contribution in [2.75, 3.05) is 20.2 Å². The van der Waals surface area contributed by atoms with Crippen LogP contribution in [-0.2, 0) is 6.54 Å². The van der Waals surface area contributed by atoms with E-state index in [9.17, 15) is 9.18 Å². The van der Waals surface area contributed by atoms with Gasteiger partial charge in [-0.3, -0.25) is 14.7 Å². The van der Waals surface area contributed by atoms with Crippen molar-refractivity contribution in [3.8, 4) is 5.88 Å². The fourth-order valence-electron chi connectivity index (χ4n) is 3.49. The van der Waals surface area contributed by atoms with Crippen molar-refractivity contribution >= 4 is 5.78 Å². The first kappa shape index (κ1) is 18.5. The number of carbonyl (C=O) groups is 1. The number of methoxy groups -OCH3 is 1. The third-order valence-corrected chi connectivity index (χ3v) is 4.89. The second-order valence-electron chi connectivity index (χ2n) is 6.69. The maximum atomic E-state index is 13.8. The summed E-state index contributed by atoms with van der Waals surface area (Å²) in [5, 5.41) is 0. The molecule has 1 unspecified atom stereocenters. The first-order chi connectivity index (χ1) is 12.7. The molecule has 6 heteroatoms. The molecule has 1 aromatic carbocycles.